The molecule has 0 spiro atoms. The molecular formula is C12H13N3O3S. The Labute approximate surface area is 114 Å². The Balaban J connectivity index is 1.90. The first-order valence-electron chi connectivity index (χ1n) is 5.61. The summed E-state index contributed by atoms with van der Waals surface area (Å²) in [6.45, 7) is 0. The van der Waals surface area contributed by atoms with Crippen molar-refractivity contribution in [1.82, 2.24) is 10.2 Å². The molecule has 2 aromatic rings. The Bertz CT molecular complexity index is 544. The zero-order chi connectivity index (χ0) is 13.7. The third-order valence-corrected chi connectivity index (χ3v) is 3.37. The van der Waals surface area contributed by atoms with Gasteiger partial charge < -0.3 is 15.3 Å². The zero-order valence-corrected chi connectivity index (χ0v) is 10.8. The number of hydrogen-bond donors (Lipinski definition) is 2. The van der Waals surface area contributed by atoms with Crippen LogP contribution in [0.1, 0.15) is 5.89 Å². The van der Waals surface area contributed by atoms with Crippen LogP contribution in [0, 0.1) is 0 Å². The number of carboxylic acids is 1. The van der Waals surface area contributed by atoms with E-state index in [1.807, 2.05) is 30.3 Å². The number of hydrogen-bond acceptors (Lipinski definition) is 6. The van der Waals surface area contributed by atoms with Gasteiger partial charge in [0.25, 0.3) is 0 Å². The van der Waals surface area contributed by atoms with E-state index in [9.17, 15) is 4.79 Å². The van der Waals surface area contributed by atoms with Gasteiger partial charge in [0.15, 0.2) is 0 Å². The lowest BCUT2D eigenvalue weighted by Gasteiger charge is -2.03. The molecule has 0 unspecified atom stereocenters. The minimum Gasteiger partial charge on any atom is -0.480 e. The third-order valence-electron chi connectivity index (χ3n) is 2.33. The summed E-state index contributed by atoms with van der Waals surface area (Å²) < 4.78 is 5.48. The molecule has 6 nitrogen and oxygen atoms in total. The lowest BCUT2D eigenvalue weighted by atomic mass is 10.2. The summed E-state index contributed by atoms with van der Waals surface area (Å²) in [5.74, 6) is 0.655. The van der Waals surface area contributed by atoms with Crippen molar-refractivity contribution in [2.24, 2.45) is 5.73 Å². The van der Waals surface area contributed by atoms with Gasteiger partial charge in [-0.15, -0.1) is 22.0 Å². The van der Waals surface area contributed by atoms with E-state index >= 15 is 0 Å². The second-order valence-electron chi connectivity index (χ2n) is 3.83. The highest BCUT2D eigenvalue weighted by Gasteiger charge is 2.13. The van der Waals surface area contributed by atoms with Gasteiger partial charge in [-0.3, -0.25) is 4.79 Å². The van der Waals surface area contributed by atoms with Crippen molar-refractivity contribution in [2.75, 3.05) is 5.75 Å². The summed E-state index contributed by atoms with van der Waals surface area (Å²) in [5, 5.41) is 16.5. The molecule has 0 aliphatic rings. The van der Waals surface area contributed by atoms with Crippen molar-refractivity contribution >= 4 is 17.7 Å². The van der Waals surface area contributed by atoms with Crippen LogP contribution in [0.5, 0.6) is 0 Å². The molecule has 1 heterocycles. The maximum Gasteiger partial charge on any atom is 0.321 e. The maximum atomic E-state index is 10.5. The molecule has 1 aromatic heterocycles. The lowest BCUT2D eigenvalue weighted by molar-refractivity contribution is -0.137. The molecule has 3 N–H and O–H groups in total. The second kappa shape index (κ2) is 6.35. The van der Waals surface area contributed by atoms with Gasteiger partial charge in [-0.25, -0.2) is 0 Å². The Morgan fingerprint density at radius 3 is 2.79 bits per heavy atom. The number of nitrogens with zero attached hydrogens (tertiary/aromatic N) is 2. The van der Waals surface area contributed by atoms with Crippen molar-refractivity contribution in [1.29, 1.82) is 0 Å². The van der Waals surface area contributed by atoms with Gasteiger partial charge in [0.05, 0.1) is 5.75 Å². The molecule has 0 radical (unpaired) electrons. The molecule has 0 saturated carbocycles. The number of carbonyl (C=O) groups is 1. The number of thioether (sulfide) groups is 1. The molecule has 7 heteroatoms. The van der Waals surface area contributed by atoms with Crippen LogP contribution < -0.4 is 5.73 Å². The lowest BCUT2D eigenvalue weighted by Crippen LogP contribution is -2.32. The zero-order valence-electron chi connectivity index (χ0n) is 10.0. The maximum absolute atomic E-state index is 10.5. The van der Waals surface area contributed by atoms with E-state index in [2.05, 4.69) is 10.2 Å². The Morgan fingerprint density at radius 2 is 2.11 bits per heavy atom. The minimum absolute atomic E-state index is 0.304. The van der Waals surface area contributed by atoms with Crippen molar-refractivity contribution in [3.8, 4) is 11.5 Å². The first kappa shape index (κ1) is 13.6. The van der Waals surface area contributed by atoms with Gasteiger partial charge in [-0.05, 0) is 12.1 Å². The fourth-order valence-electron chi connectivity index (χ4n) is 1.35. The van der Waals surface area contributed by atoms with E-state index in [-0.39, 0.29) is 0 Å². The van der Waals surface area contributed by atoms with Gasteiger partial charge in [-0.2, -0.15) is 0 Å². The smallest absolute Gasteiger partial charge is 0.321 e. The minimum atomic E-state index is -1.01. The fourth-order valence-corrected chi connectivity index (χ4v) is 2.16. The van der Waals surface area contributed by atoms with E-state index in [0.717, 1.165) is 5.56 Å². The predicted molar refractivity (Wildman–Crippen MR) is 71.5 cm³/mol. The number of aliphatic carboxylic acids is 1. The summed E-state index contributed by atoms with van der Waals surface area (Å²) in [5.41, 5.74) is 6.24. The highest BCUT2D eigenvalue weighted by atomic mass is 32.2. The van der Waals surface area contributed by atoms with Crippen LogP contribution >= 0.6 is 11.8 Å². The van der Waals surface area contributed by atoms with Crippen LogP contribution in [0.4, 0.5) is 0 Å². The summed E-state index contributed by atoms with van der Waals surface area (Å²) in [7, 11) is 0. The average molecular weight is 279 g/mol. The summed E-state index contributed by atoms with van der Waals surface area (Å²) in [6, 6.07) is 8.57. The highest BCUT2D eigenvalue weighted by Crippen LogP contribution is 2.19. The van der Waals surface area contributed by atoms with Gasteiger partial charge in [0, 0.05) is 11.3 Å². The molecule has 19 heavy (non-hydrogen) atoms. The van der Waals surface area contributed by atoms with E-state index in [1.54, 1.807) is 0 Å². The average Bonchev–Trinajstić information content (AvgIpc) is 2.88. The van der Waals surface area contributed by atoms with Crippen molar-refractivity contribution in [2.45, 2.75) is 11.8 Å². The summed E-state index contributed by atoms with van der Waals surface area (Å²) in [4.78, 5) is 10.5. The van der Waals surface area contributed by atoms with E-state index in [4.69, 9.17) is 15.3 Å². The monoisotopic (exact) mass is 279 g/mol. The van der Waals surface area contributed by atoms with Crippen LogP contribution in [-0.2, 0) is 10.5 Å². The van der Waals surface area contributed by atoms with Crippen molar-refractivity contribution < 1.29 is 14.3 Å². The van der Waals surface area contributed by atoms with Gasteiger partial charge in [-0.1, -0.05) is 18.2 Å². The largest absolute Gasteiger partial charge is 0.480 e. The Hall–Kier alpha value is -1.86. The third kappa shape index (κ3) is 3.80. The standard InChI is InChI=1S/C12H13N3O3S/c13-9(12(16)17)6-19-7-10-14-15-11(18-10)8-4-2-1-3-5-8/h1-5,9H,6-7,13H2,(H,16,17)/t9-/m1/s1. The van der Waals surface area contributed by atoms with Gasteiger partial charge in [0.2, 0.25) is 11.8 Å². The molecular weight excluding hydrogens is 266 g/mol. The second-order valence-corrected chi connectivity index (χ2v) is 4.86. The Morgan fingerprint density at radius 1 is 1.37 bits per heavy atom. The van der Waals surface area contributed by atoms with Crippen molar-refractivity contribution in [3.63, 3.8) is 0 Å². The molecule has 0 amide bonds. The molecule has 100 valence electrons. The quantitative estimate of drug-likeness (QED) is 0.823. The molecule has 0 aliphatic heterocycles. The first-order chi connectivity index (χ1) is 9.16. The van der Waals surface area contributed by atoms with Crippen LogP contribution in [0.15, 0.2) is 34.7 Å². The molecule has 2 rings (SSSR count). The van der Waals surface area contributed by atoms with Crippen LogP contribution in [0.25, 0.3) is 11.5 Å². The van der Waals surface area contributed by atoms with E-state index in [1.165, 1.54) is 11.8 Å². The fraction of sp³-hybridized carbons (Fsp3) is 0.250. The van der Waals surface area contributed by atoms with E-state index in [0.29, 0.717) is 23.3 Å². The number of rotatable bonds is 6. The molecule has 0 bridgehead atoms. The molecule has 0 fully saturated rings. The van der Waals surface area contributed by atoms with Crippen LogP contribution in [0.3, 0.4) is 0 Å². The highest BCUT2D eigenvalue weighted by molar-refractivity contribution is 7.98. The van der Waals surface area contributed by atoms with Crippen LogP contribution in [-0.4, -0.2) is 33.1 Å². The van der Waals surface area contributed by atoms with Gasteiger partial charge >= 0.3 is 5.97 Å². The summed E-state index contributed by atoms with van der Waals surface area (Å²) in [6.07, 6.45) is 0. The van der Waals surface area contributed by atoms with Crippen molar-refractivity contribution in [3.05, 3.63) is 36.2 Å². The first-order valence-corrected chi connectivity index (χ1v) is 6.76. The predicted octanol–water partition coefficient (Wildman–Crippen LogP) is 1.38. The van der Waals surface area contributed by atoms with E-state index < -0.39 is 12.0 Å². The molecule has 1 aromatic carbocycles. The molecule has 1 atom stereocenters. The number of aromatic nitrogens is 2. The topological polar surface area (TPSA) is 102 Å². The number of nitrogens with two attached hydrogens (primary N) is 1. The number of carboxylic acid groups (broad SMARTS) is 1. The normalized spacial score (nSPS) is 12.3. The van der Waals surface area contributed by atoms with Crippen LogP contribution in [0.2, 0.25) is 0 Å². The summed E-state index contributed by atoms with van der Waals surface area (Å²) >= 11 is 1.35. The SMILES string of the molecule is N[C@H](CSCc1nnc(-c2ccccc2)o1)C(=O)O. The van der Waals surface area contributed by atoms with Gasteiger partial charge in [0.1, 0.15) is 6.04 Å². The molecule has 0 saturated heterocycles. The molecule has 0 aliphatic carbocycles. The Kier molecular flexibility index (Phi) is 4.53. The number of benzene rings is 1.